The fourth-order valence-electron chi connectivity index (χ4n) is 5.49. The third-order valence-corrected chi connectivity index (χ3v) is 7.59. The van der Waals surface area contributed by atoms with Gasteiger partial charge in [-0.2, -0.15) is 5.26 Å². The number of carbonyl (C=O) groups is 1. The molecule has 0 radical (unpaired) electrons. The Morgan fingerprint density at radius 1 is 1.13 bits per heavy atom. The Morgan fingerprint density at radius 2 is 1.82 bits per heavy atom. The number of aromatic carboxylic acids is 1. The molecule has 2 N–H and O–H groups in total. The van der Waals surface area contributed by atoms with Crippen molar-refractivity contribution >= 4 is 23.0 Å². The van der Waals surface area contributed by atoms with E-state index in [1.165, 1.54) is 0 Å². The van der Waals surface area contributed by atoms with Crippen molar-refractivity contribution in [2.24, 2.45) is 0 Å². The summed E-state index contributed by atoms with van der Waals surface area (Å²) >= 11 is 0. The van der Waals surface area contributed by atoms with Crippen LogP contribution in [0.3, 0.4) is 0 Å². The molecule has 8 nitrogen and oxygen atoms in total. The van der Waals surface area contributed by atoms with Crippen LogP contribution in [0.4, 0.5) is 11.4 Å². The van der Waals surface area contributed by atoms with Crippen molar-refractivity contribution < 1.29 is 9.90 Å². The highest BCUT2D eigenvalue weighted by Crippen LogP contribution is 2.32. The first-order chi connectivity index (χ1) is 18.8. The third-order valence-electron chi connectivity index (χ3n) is 7.59. The second-order valence-corrected chi connectivity index (χ2v) is 10.2. The summed E-state index contributed by atoms with van der Waals surface area (Å²) in [6.45, 7) is 7.42. The van der Waals surface area contributed by atoms with Gasteiger partial charge in [0.15, 0.2) is 0 Å². The zero-order valence-corrected chi connectivity index (χ0v) is 22.3. The van der Waals surface area contributed by atoms with Gasteiger partial charge >= 0.3 is 5.97 Å². The topological polar surface area (TPSA) is 111 Å². The van der Waals surface area contributed by atoms with E-state index in [0.29, 0.717) is 22.5 Å². The molecule has 1 unspecified atom stereocenters. The molecule has 1 aliphatic heterocycles. The van der Waals surface area contributed by atoms with Crippen molar-refractivity contribution in [1.82, 2.24) is 9.38 Å². The van der Waals surface area contributed by atoms with Crippen molar-refractivity contribution in [1.29, 1.82) is 5.26 Å². The number of aromatic nitrogens is 2. The van der Waals surface area contributed by atoms with E-state index < -0.39 is 5.97 Å². The molecular formula is C31H31N5O3. The molecule has 8 heteroatoms. The summed E-state index contributed by atoms with van der Waals surface area (Å²) in [6.07, 6.45) is 3.55. The number of carboxylic acid groups (broad SMARTS) is 1. The fourth-order valence-corrected chi connectivity index (χ4v) is 5.49. The second-order valence-electron chi connectivity index (χ2n) is 10.2. The number of fused-ring (bicyclic) bond motifs is 1. The minimum Gasteiger partial charge on any atom is -0.478 e. The number of hydrogen-bond acceptors (Lipinski definition) is 6. The van der Waals surface area contributed by atoms with Crippen molar-refractivity contribution in [2.45, 2.75) is 45.6 Å². The number of para-hydroxylation sites is 1. The van der Waals surface area contributed by atoms with Gasteiger partial charge in [0.1, 0.15) is 5.65 Å². The molecule has 1 fully saturated rings. The number of pyridine rings is 1. The lowest BCUT2D eigenvalue weighted by Crippen LogP contribution is -2.34. The summed E-state index contributed by atoms with van der Waals surface area (Å²) in [5.74, 6) is -0.846. The van der Waals surface area contributed by atoms with E-state index in [-0.39, 0.29) is 23.1 Å². The van der Waals surface area contributed by atoms with Gasteiger partial charge in [-0.15, -0.1) is 0 Å². The molecular weight excluding hydrogens is 490 g/mol. The van der Waals surface area contributed by atoms with E-state index >= 15 is 0 Å². The minimum absolute atomic E-state index is 0.0763. The van der Waals surface area contributed by atoms with Crippen molar-refractivity contribution in [2.75, 3.05) is 23.3 Å². The largest absolute Gasteiger partial charge is 0.478 e. The molecule has 2 aromatic carbocycles. The van der Waals surface area contributed by atoms with E-state index in [1.807, 2.05) is 57.3 Å². The highest BCUT2D eigenvalue weighted by atomic mass is 16.4. The number of nitrogens with one attached hydrogen (secondary N) is 1. The summed E-state index contributed by atoms with van der Waals surface area (Å²) < 4.78 is 1.62. The van der Waals surface area contributed by atoms with E-state index in [2.05, 4.69) is 16.3 Å². The van der Waals surface area contributed by atoms with Gasteiger partial charge in [-0.05, 0) is 81.6 Å². The van der Waals surface area contributed by atoms with Gasteiger partial charge < -0.3 is 15.3 Å². The van der Waals surface area contributed by atoms with Gasteiger partial charge in [-0.1, -0.05) is 12.1 Å². The van der Waals surface area contributed by atoms with E-state index in [1.54, 1.807) is 28.7 Å². The van der Waals surface area contributed by atoms with Gasteiger partial charge in [0, 0.05) is 47.7 Å². The van der Waals surface area contributed by atoms with Gasteiger partial charge in [-0.25, -0.2) is 9.78 Å². The molecule has 3 heterocycles. The van der Waals surface area contributed by atoms with Gasteiger partial charge in [0.05, 0.1) is 28.9 Å². The van der Waals surface area contributed by atoms with Crippen LogP contribution in [0.5, 0.6) is 0 Å². The average molecular weight is 522 g/mol. The zero-order valence-electron chi connectivity index (χ0n) is 22.3. The SMILES string of the molecule is Cc1cc(C(C)Nc2ccccc2C(=O)O)c2nc(C3CCN(c4ccc(C#N)cc4)CC3)c(C)c(=O)n2c1. The Bertz CT molecular complexity index is 1640. The number of rotatable bonds is 6. The van der Waals surface area contributed by atoms with Crippen LogP contribution in [0.2, 0.25) is 0 Å². The number of hydrogen-bond donors (Lipinski definition) is 2. The number of anilines is 2. The molecule has 4 aromatic rings. The monoisotopic (exact) mass is 521 g/mol. The maximum atomic E-state index is 13.6. The minimum atomic E-state index is -1.00. The number of benzene rings is 2. The summed E-state index contributed by atoms with van der Waals surface area (Å²) in [4.78, 5) is 32.7. The highest BCUT2D eigenvalue weighted by Gasteiger charge is 2.26. The summed E-state index contributed by atoms with van der Waals surface area (Å²) in [5.41, 5.74) is 6.22. The van der Waals surface area contributed by atoms with Crippen LogP contribution >= 0.6 is 0 Å². The number of aryl methyl sites for hydroxylation is 1. The normalized spacial score (nSPS) is 14.7. The maximum absolute atomic E-state index is 13.6. The first kappa shape index (κ1) is 26.0. The first-order valence-corrected chi connectivity index (χ1v) is 13.1. The summed E-state index contributed by atoms with van der Waals surface area (Å²) in [6, 6.07) is 18.3. The Morgan fingerprint density at radius 3 is 2.49 bits per heavy atom. The van der Waals surface area contributed by atoms with Gasteiger partial charge in [0.2, 0.25) is 0 Å². The molecule has 1 atom stereocenters. The molecule has 0 spiro atoms. The van der Waals surface area contributed by atoms with Crippen molar-refractivity contribution in [3.05, 3.63) is 105 Å². The summed E-state index contributed by atoms with van der Waals surface area (Å²) in [7, 11) is 0. The average Bonchev–Trinajstić information content (AvgIpc) is 2.95. The number of nitrogens with zero attached hydrogens (tertiary/aromatic N) is 4. The fraction of sp³-hybridized carbons (Fsp3) is 0.290. The van der Waals surface area contributed by atoms with Crippen LogP contribution in [0.25, 0.3) is 5.65 Å². The molecule has 0 saturated carbocycles. The van der Waals surface area contributed by atoms with Crippen LogP contribution < -0.4 is 15.8 Å². The molecule has 0 aliphatic carbocycles. The molecule has 39 heavy (non-hydrogen) atoms. The number of carboxylic acids is 1. The first-order valence-electron chi connectivity index (χ1n) is 13.1. The van der Waals surface area contributed by atoms with Crippen LogP contribution in [-0.2, 0) is 0 Å². The zero-order chi connectivity index (χ0) is 27.7. The number of nitriles is 1. The standard InChI is InChI=1S/C31H31N5O3/c1-19-16-26(21(3)33-27-7-5-4-6-25(27)31(38)39)29-34-28(20(2)30(37)36(29)18-19)23-12-14-35(15-13-23)24-10-8-22(17-32)9-11-24/h4-11,16,18,21,23,33H,12-15H2,1-3H3,(H,38,39). The van der Waals surface area contributed by atoms with Gasteiger partial charge in [-0.3, -0.25) is 9.20 Å². The van der Waals surface area contributed by atoms with E-state index in [9.17, 15) is 14.7 Å². The van der Waals surface area contributed by atoms with E-state index in [4.69, 9.17) is 10.2 Å². The van der Waals surface area contributed by atoms with Gasteiger partial charge in [0.25, 0.3) is 5.56 Å². The van der Waals surface area contributed by atoms with Crippen molar-refractivity contribution in [3.63, 3.8) is 0 Å². The van der Waals surface area contributed by atoms with Crippen LogP contribution in [-0.4, -0.2) is 33.6 Å². The van der Waals surface area contributed by atoms with E-state index in [0.717, 1.165) is 48.4 Å². The number of piperidine rings is 1. The van der Waals surface area contributed by atoms with Crippen LogP contribution in [0.15, 0.2) is 65.6 Å². The Hall–Kier alpha value is -4.64. The maximum Gasteiger partial charge on any atom is 0.337 e. The molecule has 0 amide bonds. The van der Waals surface area contributed by atoms with Crippen molar-refractivity contribution in [3.8, 4) is 6.07 Å². The molecule has 5 rings (SSSR count). The predicted octanol–water partition coefficient (Wildman–Crippen LogP) is 5.44. The van der Waals surface area contributed by atoms with Crippen LogP contribution in [0, 0.1) is 25.2 Å². The van der Waals surface area contributed by atoms with Crippen LogP contribution in [0.1, 0.15) is 70.0 Å². The lowest BCUT2D eigenvalue weighted by molar-refractivity contribution is 0.0698. The lowest BCUT2D eigenvalue weighted by atomic mass is 9.90. The lowest BCUT2D eigenvalue weighted by Gasteiger charge is -2.34. The molecule has 1 aliphatic rings. The molecule has 0 bridgehead atoms. The molecule has 1 saturated heterocycles. The quantitative estimate of drug-likeness (QED) is 0.348. The Kier molecular flexibility index (Phi) is 7.07. The Balaban J connectivity index is 1.47. The third kappa shape index (κ3) is 5.08. The molecule has 2 aromatic heterocycles. The molecule has 198 valence electrons. The summed E-state index contributed by atoms with van der Waals surface area (Å²) in [5, 5.41) is 22.0. The second kappa shape index (κ2) is 10.6. The Labute approximate surface area is 227 Å². The smallest absolute Gasteiger partial charge is 0.337 e. The predicted molar refractivity (Wildman–Crippen MR) is 152 cm³/mol. The highest BCUT2D eigenvalue weighted by molar-refractivity contribution is 5.94.